The highest BCUT2D eigenvalue weighted by Crippen LogP contribution is 2.48. The first kappa shape index (κ1) is 24.4. The lowest BCUT2D eigenvalue weighted by atomic mass is 10.0. The van der Waals surface area contributed by atoms with Gasteiger partial charge in [0.25, 0.3) is 0 Å². The number of hydrogen-bond acceptors (Lipinski definition) is 2. The van der Waals surface area contributed by atoms with Gasteiger partial charge in [-0.15, -0.1) is 0 Å². The zero-order valence-corrected chi connectivity index (χ0v) is 23.9. The lowest BCUT2D eigenvalue weighted by molar-refractivity contribution is 0.645. The van der Waals surface area contributed by atoms with Crippen molar-refractivity contribution < 1.29 is 4.42 Å². The first-order valence-corrected chi connectivity index (χ1v) is 14.9. The van der Waals surface area contributed by atoms with Crippen molar-refractivity contribution in [2.24, 2.45) is 0 Å². The molecular formula is C39H25ClN2O. The van der Waals surface area contributed by atoms with E-state index in [1.165, 1.54) is 27.9 Å². The third kappa shape index (κ3) is 3.68. The number of rotatable bonds is 4. The molecule has 3 nitrogen and oxygen atoms in total. The van der Waals surface area contributed by atoms with Gasteiger partial charge in [0.15, 0.2) is 0 Å². The Kier molecular flexibility index (Phi) is 5.32. The summed E-state index contributed by atoms with van der Waals surface area (Å²) in [7, 11) is 0. The van der Waals surface area contributed by atoms with Gasteiger partial charge in [0.2, 0.25) is 5.71 Å². The van der Waals surface area contributed by atoms with Crippen molar-refractivity contribution in [1.82, 2.24) is 4.57 Å². The van der Waals surface area contributed by atoms with Gasteiger partial charge < -0.3 is 9.32 Å². The molecule has 0 amide bonds. The van der Waals surface area contributed by atoms with Crippen molar-refractivity contribution in [3.63, 3.8) is 0 Å². The number of aromatic nitrogens is 1. The standard InChI is InChI=1S/C39H25ClN2O/c40-27-18-21-36-33(23-27)38-32-20-19-30(24-35(32)42(39(38)43-36)29-14-5-2-6-15-29)41(28-12-3-1-4-13-28)34-17-9-11-26-22-25-10-7-8-16-31(25)37(26)34/h1-21,23-24H,22H2. The molecule has 0 bridgehead atoms. The average Bonchev–Trinajstić information content (AvgIpc) is 3.71. The van der Waals surface area contributed by atoms with Gasteiger partial charge in [0.05, 0.1) is 16.6 Å². The van der Waals surface area contributed by atoms with Crippen LogP contribution in [-0.4, -0.2) is 4.57 Å². The van der Waals surface area contributed by atoms with E-state index in [1.54, 1.807) is 0 Å². The number of nitrogens with zero attached hydrogens (tertiary/aromatic N) is 2. The molecule has 43 heavy (non-hydrogen) atoms. The fourth-order valence-electron chi connectivity index (χ4n) is 6.83. The van der Waals surface area contributed by atoms with Crippen molar-refractivity contribution in [1.29, 1.82) is 0 Å². The van der Waals surface area contributed by atoms with E-state index >= 15 is 0 Å². The Balaban J connectivity index is 1.35. The number of hydrogen-bond donors (Lipinski definition) is 0. The fraction of sp³-hybridized carbons (Fsp3) is 0.0256. The second-order valence-corrected chi connectivity index (χ2v) is 11.5. The minimum Gasteiger partial charge on any atom is -0.439 e. The van der Waals surface area contributed by atoms with Crippen LogP contribution in [0.5, 0.6) is 0 Å². The van der Waals surface area contributed by atoms with Gasteiger partial charge in [-0.2, -0.15) is 0 Å². The predicted molar refractivity (Wildman–Crippen MR) is 178 cm³/mol. The summed E-state index contributed by atoms with van der Waals surface area (Å²) in [5, 5.41) is 3.91. The topological polar surface area (TPSA) is 21.3 Å². The number of anilines is 3. The normalized spacial score (nSPS) is 12.2. The number of fused-ring (bicyclic) bond motifs is 8. The van der Waals surface area contributed by atoms with Crippen molar-refractivity contribution in [2.75, 3.05) is 4.90 Å². The molecule has 0 spiro atoms. The SMILES string of the molecule is Clc1ccc2oc3c(c2c1)c1ccc(N(c2ccccc2)c2cccc4c2-c2ccccc2C4)cc1n3-c1ccccc1. The van der Waals surface area contributed by atoms with Crippen LogP contribution in [0.3, 0.4) is 0 Å². The molecule has 2 heterocycles. The Morgan fingerprint density at radius 2 is 1.40 bits per heavy atom. The van der Waals surface area contributed by atoms with E-state index in [9.17, 15) is 0 Å². The maximum Gasteiger partial charge on any atom is 0.213 e. The highest BCUT2D eigenvalue weighted by atomic mass is 35.5. The third-order valence-electron chi connectivity index (χ3n) is 8.65. The monoisotopic (exact) mass is 572 g/mol. The van der Waals surface area contributed by atoms with Crippen LogP contribution in [0.1, 0.15) is 11.1 Å². The van der Waals surface area contributed by atoms with Crippen LogP contribution in [0.4, 0.5) is 17.1 Å². The van der Waals surface area contributed by atoms with Crippen LogP contribution in [0.2, 0.25) is 5.02 Å². The molecule has 0 radical (unpaired) electrons. The van der Waals surface area contributed by atoms with E-state index in [2.05, 4.69) is 125 Å². The van der Waals surface area contributed by atoms with Crippen molar-refractivity contribution in [3.05, 3.63) is 156 Å². The van der Waals surface area contributed by atoms with Crippen LogP contribution >= 0.6 is 11.6 Å². The van der Waals surface area contributed by atoms with Gasteiger partial charge in [-0.05, 0) is 89.8 Å². The first-order chi connectivity index (χ1) is 21.2. The van der Waals surface area contributed by atoms with E-state index in [0.717, 1.165) is 56.5 Å². The average molecular weight is 573 g/mol. The van der Waals surface area contributed by atoms with Crippen LogP contribution < -0.4 is 4.90 Å². The molecule has 0 saturated carbocycles. The number of benzene rings is 6. The number of furan rings is 1. The van der Waals surface area contributed by atoms with Gasteiger partial charge >= 0.3 is 0 Å². The maximum absolute atomic E-state index is 6.54. The van der Waals surface area contributed by atoms with Gasteiger partial charge in [0.1, 0.15) is 5.58 Å². The summed E-state index contributed by atoms with van der Waals surface area (Å²) in [6.45, 7) is 0. The third-order valence-corrected chi connectivity index (χ3v) is 8.89. The van der Waals surface area contributed by atoms with Gasteiger partial charge in [-0.3, -0.25) is 4.57 Å². The van der Waals surface area contributed by atoms with E-state index in [4.69, 9.17) is 16.0 Å². The summed E-state index contributed by atoms with van der Waals surface area (Å²) in [6, 6.07) is 49.1. The number of para-hydroxylation sites is 2. The lowest BCUT2D eigenvalue weighted by Gasteiger charge is -2.28. The molecule has 9 rings (SSSR count). The molecule has 2 aromatic heterocycles. The highest BCUT2D eigenvalue weighted by molar-refractivity contribution is 6.32. The molecule has 4 heteroatoms. The molecule has 0 atom stereocenters. The molecule has 0 unspecified atom stereocenters. The largest absolute Gasteiger partial charge is 0.439 e. The predicted octanol–water partition coefficient (Wildman–Crippen LogP) is 11.2. The smallest absolute Gasteiger partial charge is 0.213 e. The van der Waals surface area contributed by atoms with Gasteiger partial charge in [0, 0.05) is 38.4 Å². The minimum absolute atomic E-state index is 0.695. The molecular weight excluding hydrogens is 548 g/mol. The Bertz CT molecular complexity index is 2330. The summed E-state index contributed by atoms with van der Waals surface area (Å²) >= 11 is 6.48. The zero-order chi connectivity index (χ0) is 28.5. The molecule has 1 aliphatic rings. The second-order valence-electron chi connectivity index (χ2n) is 11.1. The Hall–Kier alpha value is -5.25. The summed E-state index contributed by atoms with van der Waals surface area (Å²) in [4.78, 5) is 2.39. The van der Waals surface area contributed by atoms with Crippen LogP contribution in [0, 0.1) is 0 Å². The van der Waals surface area contributed by atoms with E-state index in [1.807, 2.05) is 24.3 Å². The van der Waals surface area contributed by atoms with Gasteiger partial charge in [-0.1, -0.05) is 84.4 Å². The van der Waals surface area contributed by atoms with Crippen LogP contribution in [0.15, 0.2) is 144 Å². The van der Waals surface area contributed by atoms with Crippen LogP contribution in [-0.2, 0) is 6.42 Å². The Morgan fingerprint density at radius 1 is 0.628 bits per heavy atom. The molecule has 0 N–H and O–H groups in total. The number of halogens is 1. The summed E-state index contributed by atoms with van der Waals surface area (Å²) in [5.74, 6) is 0. The Morgan fingerprint density at radius 3 is 2.26 bits per heavy atom. The van der Waals surface area contributed by atoms with E-state index in [0.29, 0.717) is 5.02 Å². The highest BCUT2D eigenvalue weighted by Gasteiger charge is 2.26. The first-order valence-electron chi connectivity index (χ1n) is 14.5. The second kappa shape index (κ2) is 9.38. The fourth-order valence-corrected chi connectivity index (χ4v) is 7.00. The zero-order valence-electron chi connectivity index (χ0n) is 23.2. The van der Waals surface area contributed by atoms with Crippen LogP contribution in [0.25, 0.3) is 49.8 Å². The van der Waals surface area contributed by atoms with E-state index < -0.39 is 0 Å². The molecule has 0 aliphatic heterocycles. The maximum atomic E-state index is 6.54. The van der Waals surface area contributed by atoms with Crippen molar-refractivity contribution in [3.8, 4) is 16.8 Å². The summed E-state index contributed by atoms with van der Waals surface area (Å²) in [6.07, 6.45) is 0.948. The quantitative estimate of drug-likeness (QED) is 0.209. The molecule has 1 aliphatic carbocycles. The molecule has 8 aromatic rings. The minimum atomic E-state index is 0.695. The van der Waals surface area contributed by atoms with E-state index in [-0.39, 0.29) is 0 Å². The van der Waals surface area contributed by atoms with Gasteiger partial charge in [-0.25, -0.2) is 0 Å². The molecule has 0 saturated heterocycles. The molecule has 0 fully saturated rings. The van der Waals surface area contributed by atoms with Crippen molar-refractivity contribution >= 4 is 61.6 Å². The molecule has 6 aromatic carbocycles. The Labute approximate surface area is 253 Å². The lowest BCUT2D eigenvalue weighted by Crippen LogP contribution is -2.11. The summed E-state index contributed by atoms with van der Waals surface area (Å²) < 4.78 is 8.77. The summed E-state index contributed by atoms with van der Waals surface area (Å²) in [5.41, 5.74) is 12.5. The molecule has 204 valence electrons. The van der Waals surface area contributed by atoms with Crippen molar-refractivity contribution in [2.45, 2.75) is 6.42 Å².